The van der Waals surface area contributed by atoms with Gasteiger partial charge in [-0.05, 0) is 31.7 Å². The van der Waals surface area contributed by atoms with Gasteiger partial charge in [-0.25, -0.2) is 4.79 Å². The van der Waals surface area contributed by atoms with Gasteiger partial charge in [0.1, 0.15) is 0 Å². The predicted octanol–water partition coefficient (Wildman–Crippen LogP) is 3.13. The van der Waals surface area contributed by atoms with E-state index in [0.717, 1.165) is 12.8 Å². The van der Waals surface area contributed by atoms with E-state index < -0.39 is 0 Å². The van der Waals surface area contributed by atoms with Crippen LogP contribution in [0.5, 0.6) is 0 Å². The summed E-state index contributed by atoms with van der Waals surface area (Å²) in [5, 5.41) is 0. The molecule has 0 saturated carbocycles. The Labute approximate surface area is 96.9 Å². The molecule has 0 heterocycles. The van der Waals surface area contributed by atoms with Gasteiger partial charge in [-0.3, -0.25) is 0 Å². The fourth-order valence-corrected chi connectivity index (χ4v) is 1.49. The lowest BCUT2D eigenvalue weighted by molar-refractivity contribution is -0.138. The van der Waals surface area contributed by atoms with E-state index in [4.69, 9.17) is 4.74 Å². The summed E-state index contributed by atoms with van der Waals surface area (Å²) in [5.74, 6) is -0.268. The molecule has 1 rings (SSSR count). The molecule has 86 valence electrons. The van der Waals surface area contributed by atoms with Crippen LogP contribution in [0.15, 0.2) is 42.5 Å². The zero-order valence-corrected chi connectivity index (χ0v) is 9.74. The molecule has 0 N–H and O–H groups in total. The molecule has 0 bridgehead atoms. The second-order valence-electron chi connectivity index (χ2n) is 3.66. The van der Waals surface area contributed by atoms with Gasteiger partial charge >= 0.3 is 5.97 Å². The molecule has 1 aromatic rings. The van der Waals surface area contributed by atoms with Crippen molar-refractivity contribution < 1.29 is 9.53 Å². The van der Waals surface area contributed by atoms with Crippen LogP contribution in [0.4, 0.5) is 0 Å². The standard InChI is InChI=1S/C14H18O2/c1-3-16-14(15)12(2)8-7-11-13-9-5-4-6-10-13/h4-6,9-10H,2-3,7-8,11H2,1H3. The first-order chi connectivity index (χ1) is 7.74. The van der Waals surface area contributed by atoms with Crippen LogP contribution >= 0.6 is 0 Å². The Morgan fingerprint density at radius 3 is 2.62 bits per heavy atom. The zero-order valence-electron chi connectivity index (χ0n) is 9.74. The highest BCUT2D eigenvalue weighted by Gasteiger charge is 2.06. The van der Waals surface area contributed by atoms with Crippen LogP contribution in [0.1, 0.15) is 25.3 Å². The van der Waals surface area contributed by atoms with E-state index in [1.807, 2.05) is 18.2 Å². The summed E-state index contributed by atoms with van der Waals surface area (Å²) in [5.41, 5.74) is 1.86. The fourth-order valence-electron chi connectivity index (χ4n) is 1.49. The molecular weight excluding hydrogens is 200 g/mol. The van der Waals surface area contributed by atoms with Gasteiger partial charge in [-0.2, -0.15) is 0 Å². The summed E-state index contributed by atoms with van der Waals surface area (Å²) in [6, 6.07) is 10.2. The SMILES string of the molecule is C=C(CCCc1ccccc1)C(=O)OCC. The van der Waals surface area contributed by atoms with Crippen molar-refractivity contribution in [3.63, 3.8) is 0 Å². The summed E-state index contributed by atoms with van der Waals surface area (Å²) in [4.78, 5) is 11.3. The van der Waals surface area contributed by atoms with E-state index in [0.29, 0.717) is 18.6 Å². The van der Waals surface area contributed by atoms with E-state index >= 15 is 0 Å². The van der Waals surface area contributed by atoms with Gasteiger partial charge in [0, 0.05) is 5.57 Å². The topological polar surface area (TPSA) is 26.3 Å². The lowest BCUT2D eigenvalue weighted by atomic mass is 10.1. The Morgan fingerprint density at radius 2 is 2.00 bits per heavy atom. The minimum absolute atomic E-state index is 0.268. The molecule has 1 aromatic carbocycles. The Kier molecular flexibility index (Phi) is 5.34. The van der Waals surface area contributed by atoms with Crippen molar-refractivity contribution in [3.05, 3.63) is 48.0 Å². The third kappa shape index (κ3) is 4.30. The number of hydrogen-bond donors (Lipinski definition) is 0. The summed E-state index contributed by atoms with van der Waals surface area (Å²) in [6.07, 6.45) is 2.61. The van der Waals surface area contributed by atoms with Crippen LogP contribution in [-0.4, -0.2) is 12.6 Å². The Morgan fingerprint density at radius 1 is 1.31 bits per heavy atom. The highest BCUT2D eigenvalue weighted by molar-refractivity contribution is 5.87. The number of carbonyl (C=O) groups excluding carboxylic acids is 1. The fraction of sp³-hybridized carbons (Fsp3) is 0.357. The van der Waals surface area contributed by atoms with Crippen LogP contribution in [0.3, 0.4) is 0 Å². The van der Waals surface area contributed by atoms with Gasteiger partial charge in [-0.1, -0.05) is 36.9 Å². The molecule has 0 radical (unpaired) electrons. The first-order valence-corrected chi connectivity index (χ1v) is 5.63. The van der Waals surface area contributed by atoms with Crippen molar-refractivity contribution in [3.8, 4) is 0 Å². The molecule has 2 nitrogen and oxygen atoms in total. The Hall–Kier alpha value is -1.57. The third-order valence-electron chi connectivity index (χ3n) is 2.35. The summed E-state index contributed by atoms with van der Waals surface area (Å²) in [7, 11) is 0. The van der Waals surface area contributed by atoms with E-state index in [1.165, 1.54) is 5.56 Å². The number of benzene rings is 1. The lowest BCUT2D eigenvalue weighted by Crippen LogP contribution is -2.06. The molecule has 0 aliphatic heterocycles. The van der Waals surface area contributed by atoms with Crippen molar-refractivity contribution >= 4 is 5.97 Å². The van der Waals surface area contributed by atoms with Gasteiger partial charge in [0.05, 0.1) is 6.61 Å². The number of esters is 1. The molecule has 0 unspecified atom stereocenters. The van der Waals surface area contributed by atoms with E-state index in [9.17, 15) is 4.79 Å². The lowest BCUT2D eigenvalue weighted by Gasteiger charge is -2.05. The number of rotatable bonds is 6. The zero-order chi connectivity index (χ0) is 11.8. The Bertz CT molecular complexity index is 341. The van der Waals surface area contributed by atoms with Crippen LogP contribution in [0.2, 0.25) is 0 Å². The van der Waals surface area contributed by atoms with Gasteiger partial charge < -0.3 is 4.74 Å². The highest BCUT2D eigenvalue weighted by atomic mass is 16.5. The minimum Gasteiger partial charge on any atom is -0.463 e. The van der Waals surface area contributed by atoms with Crippen LogP contribution in [0.25, 0.3) is 0 Å². The van der Waals surface area contributed by atoms with Gasteiger partial charge in [0.15, 0.2) is 0 Å². The maximum Gasteiger partial charge on any atom is 0.333 e. The maximum absolute atomic E-state index is 11.3. The van der Waals surface area contributed by atoms with Crippen LogP contribution < -0.4 is 0 Å². The minimum atomic E-state index is -0.268. The molecule has 0 aliphatic carbocycles. The average molecular weight is 218 g/mol. The molecule has 0 atom stereocenters. The molecule has 0 amide bonds. The largest absolute Gasteiger partial charge is 0.463 e. The number of aryl methyl sites for hydroxylation is 1. The molecule has 2 heteroatoms. The predicted molar refractivity (Wildman–Crippen MR) is 65.2 cm³/mol. The second-order valence-corrected chi connectivity index (χ2v) is 3.66. The van der Waals surface area contributed by atoms with Crippen LogP contribution in [-0.2, 0) is 16.0 Å². The highest BCUT2D eigenvalue weighted by Crippen LogP contribution is 2.09. The van der Waals surface area contributed by atoms with Gasteiger partial charge in [0.25, 0.3) is 0 Å². The summed E-state index contributed by atoms with van der Waals surface area (Å²) < 4.78 is 4.87. The number of hydrogen-bond acceptors (Lipinski definition) is 2. The van der Waals surface area contributed by atoms with Crippen molar-refractivity contribution in [1.29, 1.82) is 0 Å². The maximum atomic E-state index is 11.3. The van der Waals surface area contributed by atoms with E-state index in [-0.39, 0.29) is 5.97 Å². The number of carbonyl (C=O) groups is 1. The molecule has 0 aliphatic rings. The Balaban J connectivity index is 2.26. The summed E-state index contributed by atoms with van der Waals surface area (Å²) >= 11 is 0. The molecule has 0 aromatic heterocycles. The molecular formula is C14H18O2. The van der Waals surface area contributed by atoms with Gasteiger partial charge in [0.2, 0.25) is 0 Å². The van der Waals surface area contributed by atoms with Crippen molar-refractivity contribution in [1.82, 2.24) is 0 Å². The first kappa shape index (κ1) is 12.5. The van der Waals surface area contributed by atoms with Crippen LogP contribution in [0, 0.1) is 0 Å². The molecule has 0 fully saturated rings. The van der Waals surface area contributed by atoms with Crippen molar-refractivity contribution in [2.45, 2.75) is 26.2 Å². The first-order valence-electron chi connectivity index (χ1n) is 5.63. The molecule has 0 spiro atoms. The number of ether oxygens (including phenoxy) is 1. The third-order valence-corrected chi connectivity index (χ3v) is 2.35. The monoisotopic (exact) mass is 218 g/mol. The average Bonchev–Trinajstić information content (AvgIpc) is 2.30. The summed E-state index contributed by atoms with van der Waals surface area (Å²) in [6.45, 7) is 5.94. The van der Waals surface area contributed by atoms with Gasteiger partial charge in [-0.15, -0.1) is 0 Å². The smallest absolute Gasteiger partial charge is 0.333 e. The van der Waals surface area contributed by atoms with E-state index in [2.05, 4.69) is 18.7 Å². The van der Waals surface area contributed by atoms with Crippen molar-refractivity contribution in [2.24, 2.45) is 0 Å². The normalized spacial score (nSPS) is 9.81. The second kappa shape index (κ2) is 6.83. The molecule has 0 saturated heterocycles. The quantitative estimate of drug-likeness (QED) is 0.541. The van der Waals surface area contributed by atoms with E-state index in [1.54, 1.807) is 6.92 Å². The van der Waals surface area contributed by atoms with Crippen molar-refractivity contribution in [2.75, 3.05) is 6.61 Å². The molecule has 16 heavy (non-hydrogen) atoms.